The number of nitrogens with one attached hydrogen (secondary N) is 1. The number of hydrogen-bond donors (Lipinski definition) is 1. The van der Waals surface area contributed by atoms with Crippen LogP contribution < -0.4 is 14.8 Å². The third kappa shape index (κ3) is 7.88. The summed E-state index contributed by atoms with van der Waals surface area (Å²) in [6, 6.07) is 24.0. The lowest BCUT2D eigenvalue weighted by Gasteiger charge is -2.32. The summed E-state index contributed by atoms with van der Waals surface area (Å²) in [5, 5.41) is 2.99. The van der Waals surface area contributed by atoms with Gasteiger partial charge in [-0.1, -0.05) is 54.6 Å². The molecule has 0 unspecified atom stereocenters. The van der Waals surface area contributed by atoms with E-state index < -0.39 is 6.04 Å². The second kappa shape index (κ2) is 12.6. The predicted molar refractivity (Wildman–Crippen MR) is 137 cm³/mol. The van der Waals surface area contributed by atoms with E-state index in [1.165, 1.54) is 0 Å². The van der Waals surface area contributed by atoms with Crippen molar-refractivity contribution in [2.45, 2.75) is 45.8 Å². The Morgan fingerprint density at radius 2 is 1.57 bits per heavy atom. The van der Waals surface area contributed by atoms with Crippen LogP contribution in [0.2, 0.25) is 0 Å². The van der Waals surface area contributed by atoms with Gasteiger partial charge in [0.05, 0.1) is 7.11 Å². The largest absolute Gasteiger partial charge is 0.497 e. The molecule has 0 fully saturated rings. The first-order chi connectivity index (χ1) is 16.9. The highest BCUT2D eigenvalue weighted by Gasteiger charge is 2.31. The molecule has 1 atom stereocenters. The van der Waals surface area contributed by atoms with Crippen LogP contribution >= 0.6 is 0 Å². The predicted octanol–water partition coefficient (Wildman–Crippen LogP) is 4.55. The summed E-state index contributed by atoms with van der Waals surface area (Å²) in [5.41, 5.74) is 2.88. The second-order valence-electron chi connectivity index (χ2n) is 8.85. The zero-order valence-electron chi connectivity index (χ0n) is 20.9. The molecule has 0 radical (unpaired) electrons. The minimum absolute atomic E-state index is 0.0573. The monoisotopic (exact) mass is 474 g/mol. The van der Waals surface area contributed by atoms with E-state index in [-0.39, 0.29) is 31.0 Å². The molecule has 0 aliphatic carbocycles. The molecule has 0 bridgehead atoms. The smallest absolute Gasteiger partial charge is 0.261 e. The molecule has 0 saturated carbocycles. The summed E-state index contributed by atoms with van der Waals surface area (Å²) in [6.45, 7) is 5.86. The van der Waals surface area contributed by atoms with Crippen molar-refractivity contribution < 1.29 is 19.1 Å². The second-order valence-corrected chi connectivity index (χ2v) is 8.85. The van der Waals surface area contributed by atoms with Crippen LogP contribution in [0.4, 0.5) is 0 Å². The zero-order valence-corrected chi connectivity index (χ0v) is 20.9. The van der Waals surface area contributed by atoms with Gasteiger partial charge in [0, 0.05) is 19.0 Å². The van der Waals surface area contributed by atoms with E-state index in [1.807, 2.05) is 99.6 Å². The van der Waals surface area contributed by atoms with Gasteiger partial charge in [0.25, 0.3) is 5.91 Å². The van der Waals surface area contributed by atoms with Crippen molar-refractivity contribution >= 4 is 11.8 Å². The van der Waals surface area contributed by atoms with E-state index in [0.29, 0.717) is 17.9 Å². The molecule has 0 saturated heterocycles. The molecular formula is C29H34N2O4. The Morgan fingerprint density at radius 3 is 2.26 bits per heavy atom. The van der Waals surface area contributed by atoms with E-state index in [2.05, 4.69) is 5.32 Å². The number of amides is 2. The molecule has 0 aromatic heterocycles. The van der Waals surface area contributed by atoms with Gasteiger partial charge < -0.3 is 19.7 Å². The Bertz CT molecular complexity index is 1110. The first-order valence-corrected chi connectivity index (χ1v) is 11.8. The Balaban J connectivity index is 1.92. The van der Waals surface area contributed by atoms with Crippen LogP contribution in [0, 0.1) is 6.92 Å². The molecule has 0 spiro atoms. The topological polar surface area (TPSA) is 67.9 Å². The molecule has 1 N–H and O–H groups in total. The van der Waals surface area contributed by atoms with E-state index >= 15 is 0 Å². The van der Waals surface area contributed by atoms with Crippen LogP contribution in [0.1, 0.15) is 30.5 Å². The number of methoxy groups -OCH3 is 1. The SMILES string of the molecule is COc1cccc(CN(C(=O)COc2cccc(C)c2)[C@@H](Cc2ccccc2)C(=O)NC(C)C)c1. The van der Waals surface area contributed by atoms with Crippen molar-refractivity contribution in [3.05, 3.63) is 95.6 Å². The Morgan fingerprint density at radius 1 is 0.886 bits per heavy atom. The highest BCUT2D eigenvalue weighted by atomic mass is 16.5. The molecule has 3 rings (SSSR count). The average molecular weight is 475 g/mol. The van der Waals surface area contributed by atoms with Gasteiger partial charge in [-0.25, -0.2) is 0 Å². The molecular weight excluding hydrogens is 440 g/mol. The third-order valence-electron chi connectivity index (χ3n) is 5.54. The molecule has 184 valence electrons. The van der Waals surface area contributed by atoms with Crippen molar-refractivity contribution in [3.63, 3.8) is 0 Å². The molecule has 6 heteroatoms. The quantitative estimate of drug-likeness (QED) is 0.443. The lowest BCUT2D eigenvalue weighted by Crippen LogP contribution is -2.52. The molecule has 0 heterocycles. The third-order valence-corrected chi connectivity index (χ3v) is 5.54. The molecule has 35 heavy (non-hydrogen) atoms. The van der Waals surface area contributed by atoms with Gasteiger partial charge in [-0.15, -0.1) is 0 Å². The van der Waals surface area contributed by atoms with Crippen molar-refractivity contribution in [2.24, 2.45) is 0 Å². The standard InChI is InChI=1S/C29H34N2O4/c1-21(2)30-29(33)27(18-23-11-6-5-7-12-23)31(19-24-13-9-14-25(17-24)34-4)28(32)20-35-26-15-8-10-22(3)16-26/h5-17,21,27H,18-20H2,1-4H3,(H,30,33)/t27-/m0/s1. The lowest BCUT2D eigenvalue weighted by atomic mass is 10.0. The number of ether oxygens (including phenoxy) is 2. The lowest BCUT2D eigenvalue weighted by molar-refractivity contribution is -0.143. The maximum absolute atomic E-state index is 13.6. The number of carbonyl (C=O) groups excluding carboxylic acids is 2. The molecule has 0 aliphatic rings. The Labute approximate surface area is 207 Å². The van der Waals surface area contributed by atoms with Crippen molar-refractivity contribution in [3.8, 4) is 11.5 Å². The minimum atomic E-state index is -0.709. The highest BCUT2D eigenvalue weighted by Crippen LogP contribution is 2.19. The number of carbonyl (C=O) groups is 2. The first kappa shape index (κ1) is 25.8. The number of rotatable bonds is 11. The summed E-state index contributed by atoms with van der Waals surface area (Å²) in [5.74, 6) is 0.841. The zero-order chi connectivity index (χ0) is 25.2. The average Bonchev–Trinajstić information content (AvgIpc) is 2.85. The van der Waals surface area contributed by atoms with E-state index in [0.717, 1.165) is 16.7 Å². The van der Waals surface area contributed by atoms with Gasteiger partial charge in [0.2, 0.25) is 5.91 Å². The molecule has 6 nitrogen and oxygen atoms in total. The fourth-order valence-electron chi connectivity index (χ4n) is 3.84. The van der Waals surface area contributed by atoms with Crippen LogP contribution in [0.25, 0.3) is 0 Å². The fourth-order valence-corrected chi connectivity index (χ4v) is 3.84. The molecule has 3 aromatic carbocycles. The Kier molecular flexibility index (Phi) is 9.30. The summed E-state index contributed by atoms with van der Waals surface area (Å²) >= 11 is 0. The maximum Gasteiger partial charge on any atom is 0.261 e. The van der Waals surface area contributed by atoms with Crippen molar-refractivity contribution in [1.82, 2.24) is 10.2 Å². The summed E-state index contributed by atoms with van der Waals surface area (Å²) < 4.78 is 11.2. The van der Waals surface area contributed by atoms with Gasteiger partial charge in [0.15, 0.2) is 6.61 Å². The van der Waals surface area contributed by atoms with Crippen molar-refractivity contribution in [2.75, 3.05) is 13.7 Å². The van der Waals surface area contributed by atoms with E-state index in [1.54, 1.807) is 12.0 Å². The number of aryl methyl sites for hydroxylation is 1. The van der Waals surface area contributed by atoms with Crippen LogP contribution in [-0.4, -0.2) is 42.5 Å². The fraction of sp³-hybridized carbons (Fsp3) is 0.310. The first-order valence-electron chi connectivity index (χ1n) is 11.8. The van der Waals surface area contributed by atoms with E-state index in [9.17, 15) is 9.59 Å². The van der Waals surface area contributed by atoms with Gasteiger partial charge >= 0.3 is 0 Å². The highest BCUT2D eigenvalue weighted by molar-refractivity contribution is 5.88. The van der Waals surface area contributed by atoms with Gasteiger partial charge in [-0.2, -0.15) is 0 Å². The number of benzene rings is 3. The van der Waals surface area contributed by atoms with Gasteiger partial charge in [0.1, 0.15) is 17.5 Å². The normalized spacial score (nSPS) is 11.6. The van der Waals surface area contributed by atoms with Crippen LogP contribution in [0.5, 0.6) is 11.5 Å². The van der Waals surface area contributed by atoms with Crippen LogP contribution in [0.15, 0.2) is 78.9 Å². The Hall–Kier alpha value is -3.80. The number of nitrogens with zero attached hydrogens (tertiary/aromatic N) is 1. The minimum Gasteiger partial charge on any atom is -0.497 e. The summed E-state index contributed by atoms with van der Waals surface area (Å²) in [7, 11) is 1.60. The van der Waals surface area contributed by atoms with Crippen molar-refractivity contribution in [1.29, 1.82) is 0 Å². The van der Waals surface area contributed by atoms with E-state index in [4.69, 9.17) is 9.47 Å². The molecule has 3 aromatic rings. The molecule has 2 amide bonds. The number of hydrogen-bond acceptors (Lipinski definition) is 4. The van der Waals surface area contributed by atoms with Gasteiger partial charge in [-0.3, -0.25) is 9.59 Å². The van der Waals surface area contributed by atoms with Crippen LogP contribution in [-0.2, 0) is 22.6 Å². The van der Waals surface area contributed by atoms with Crippen LogP contribution in [0.3, 0.4) is 0 Å². The maximum atomic E-state index is 13.6. The van der Waals surface area contributed by atoms with Gasteiger partial charge in [-0.05, 0) is 61.7 Å². The summed E-state index contributed by atoms with van der Waals surface area (Å²) in [6.07, 6.45) is 0.388. The molecule has 0 aliphatic heterocycles. The summed E-state index contributed by atoms with van der Waals surface area (Å²) in [4.78, 5) is 28.5.